The van der Waals surface area contributed by atoms with Crippen LogP contribution in [0.25, 0.3) is 0 Å². The molecule has 0 radical (unpaired) electrons. The number of thiazole rings is 1. The van der Waals surface area contributed by atoms with Crippen LogP contribution in [0.1, 0.15) is 17.6 Å². The topological polar surface area (TPSA) is 33.2 Å². The molecule has 0 unspecified atom stereocenters. The minimum absolute atomic E-state index is 0. The van der Waals surface area contributed by atoms with Crippen LogP contribution >= 0.6 is 11.3 Å². The van der Waals surface area contributed by atoms with Gasteiger partial charge in [0.15, 0.2) is 0 Å². The smallest absolute Gasteiger partial charge is 0.0723 e. The summed E-state index contributed by atoms with van der Waals surface area (Å²) >= 11 is 1.52. The van der Waals surface area contributed by atoms with E-state index >= 15 is 0 Å². The quantitative estimate of drug-likeness (QED) is 0.341. The minimum atomic E-state index is 0. The Hall–Kier alpha value is -3.90. The molecule has 0 saturated heterocycles. The Morgan fingerprint density at radius 1 is 1.40 bits per heavy atom. The van der Waals surface area contributed by atoms with Crippen molar-refractivity contribution in [2.24, 2.45) is 0 Å². The molecule has 7 heteroatoms. The first-order valence-corrected chi connectivity index (χ1v) is 4.58. The summed E-state index contributed by atoms with van der Waals surface area (Å²) in [4.78, 5) is 16.1. The van der Waals surface area contributed by atoms with Crippen molar-refractivity contribution >= 4 is 22.7 Å². The van der Waals surface area contributed by atoms with Crippen LogP contribution in [0.2, 0.25) is 0 Å². The van der Waals surface area contributed by atoms with Gasteiger partial charge in [-0.1, -0.05) is 6.92 Å². The fraction of sp³-hybridized carbons (Fsp3) is 0.500. The molecule has 0 aromatic carbocycles. The first kappa shape index (κ1) is 17.3. The molecule has 0 N–H and O–H groups in total. The molecule has 0 aliphatic heterocycles. The third-order valence-electron chi connectivity index (χ3n) is 1.56. The van der Waals surface area contributed by atoms with Gasteiger partial charge in [0.2, 0.25) is 0 Å². The molecular weight excluding hydrogens is 973 g/mol. The molecule has 0 fully saturated rings. The van der Waals surface area contributed by atoms with Crippen LogP contribution in [-0.2, 0) is 11.2 Å². The summed E-state index contributed by atoms with van der Waals surface area (Å²) in [6, 6.07) is 0. The van der Waals surface area contributed by atoms with E-state index in [1.807, 2.05) is 20.3 Å². The number of anilines is 1. The molecule has 0 saturated carbocycles. The Balaban J connectivity index is -0.000000480. The first-order valence-electron chi connectivity index (χ1n) is 3.76. The van der Waals surface area contributed by atoms with Gasteiger partial charge in [-0.3, -0.25) is 4.98 Å². The molecule has 72 valence electrons. The number of nitrogens with zero attached hydrogens (tertiary/aromatic N) is 2. The Morgan fingerprint density at radius 3 is 2.33 bits per heavy atom. The molecule has 3 nitrogen and oxygen atoms in total. The normalized spacial score (nSPS) is 7.93. The van der Waals surface area contributed by atoms with Gasteiger partial charge in [0, 0.05) is 0 Å². The molecule has 15 heavy (non-hydrogen) atoms. The Morgan fingerprint density at radius 2 is 1.93 bits per heavy atom. The average Bonchev–Trinajstić information content (AvgIpc) is 2.45. The molecule has 0 spiro atoms. The minimum Gasteiger partial charge on any atom is -0.470 e. The van der Waals surface area contributed by atoms with E-state index in [2.05, 4.69) is 4.98 Å². The Labute approximate surface area is 76.0 Å². The van der Waals surface area contributed by atoms with Crippen molar-refractivity contribution < 1.29 is 4.79 Å². The van der Waals surface area contributed by atoms with Crippen LogP contribution in [0.3, 0.4) is 0 Å². The maximum absolute atomic E-state index is 10.4. The van der Waals surface area contributed by atoms with Crippen LogP contribution in [-0.4, -0.2) is 18.4 Å². The number of aryl methyl sites for hydroxylation is 2. The van der Waals surface area contributed by atoms with Crippen molar-refractivity contribution in [1.82, 2.24) is 4.98 Å². The summed E-state index contributed by atoms with van der Waals surface area (Å²) in [7, 11) is 1.69. The molecule has 1 heterocycles. The second-order valence-corrected chi connectivity index (χ2v) is 3.67. The van der Waals surface area contributed by atoms with Gasteiger partial charge in [0.1, 0.15) is 0 Å². The van der Waals surface area contributed by atoms with E-state index < -0.39 is 0 Å². The predicted octanol–water partition coefficient (Wildman–Crippen LogP) is 1.52. The molecular formula is C8H11N2ORf3S-. The molecule has 1 aromatic heterocycles. The first-order chi connectivity index (χ1) is 5.69. The molecule has 0 aliphatic rings. The van der Waals surface area contributed by atoms with Gasteiger partial charge < -0.3 is 9.69 Å². The monoisotopic (exact) mass is 984 g/mol. The number of rotatable bonds is 3. The zero-order chi connectivity index (χ0) is 9.14. The van der Waals surface area contributed by atoms with Gasteiger partial charge >= 0.3 is 0 Å². The Kier molecular flexibility index (Phi) is 6.57. The van der Waals surface area contributed by atoms with E-state index in [-0.39, 0.29) is 0 Å². The molecule has 1 rings (SSSR count). The molecule has 0 aliphatic carbocycles. The summed E-state index contributed by atoms with van der Waals surface area (Å²) in [5.41, 5.74) is 0.975. The van der Waals surface area contributed by atoms with Crippen molar-refractivity contribution in [2.45, 2.75) is 20.3 Å². The van der Waals surface area contributed by atoms with E-state index in [0.29, 0.717) is 0 Å². The van der Waals surface area contributed by atoms with Crippen molar-refractivity contribution in [2.75, 3.05) is 11.9 Å². The van der Waals surface area contributed by atoms with Gasteiger partial charge in [-0.15, -0.1) is 0 Å². The van der Waals surface area contributed by atoms with Gasteiger partial charge in [0.25, 0.3) is 0 Å². The average molecular weight is 984 g/mol. The largest absolute Gasteiger partial charge is 0.470 e. The summed E-state index contributed by atoms with van der Waals surface area (Å²) in [5.74, 6) is 0. The second kappa shape index (κ2) is 5.71. The van der Waals surface area contributed by atoms with E-state index in [0.717, 1.165) is 22.1 Å². The molecule has 1 aromatic rings. The number of carbonyl (C=O) groups excluding carboxylic acids is 1. The number of aromatic nitrogens is 1. The van der Waals surface area contributed by atoms with Crippen molar-refractivity contribution in [3.05, 3.63) is 10.7 Å². The second-order valence-electron chi connectivity index (χ2n) is 2.49. The maximum Gasteiger partial charge on any atom is 0.0723 e. The van der Waals surface area contributed by atoms with Gasteiger partial charge in [0.05, 0.1) is 11.4 Å². The summed E-state index contributed by atoms with van der Waals surface area (Å²) < 4.78 is 0. The number of hydrogen-bond donors (Lipinski definition) is 0. The SMILES string of the molecule is CCc1nc(C)sc1N(C)[C-]=O.[Rf].[Rf].[Rf]. The van der Waals surface area contributed by atoms with Crippen molar-refractivity contribution in [1.29, 1.82) is 0 Å². The van der Waals surface area contributed by atoms with Crippen molar-refractivity contribution in [3.63, 3.8) is 0 Å². The third-order valence-corrected chi connectivity index (χ3v) is 2.65. The van der Waals surface area contributed by atoms with E-state index in [9.17, 15) is 4.79 Å². The fourth-order valence-corrected chi connectivity index (χ4v) is 1.91. The van der Waals surface area contributed by atoms with Crippen LogP contribution < -0.4 is 4.90 Å². The summed E-state index contributed by atoms with van der Waals surface area (Å²) in [6.45, 7) is 3.96. The third kappa shape index (κ3) is 2.56. The van der Waals surface area contributed by atoms with Crippen LogP contribution in [0.5, 0.6) is 0 Å². The standard InChI is InChI=1S/C8H11N2OS.3Rf/c1-4-7-8(10(3)5-11)12-6(2)9-7;;;/h4H2,1-3H3;;;/q-1;;;. The van der Waals surface area contributed by atoms with Crippen LogP contribution in [0.4, 0.5) is 5.00 Å². The van der Waals surface area contributed by atoms with Gasteiger partial charge in [-0.25, -0.2) is 11.3 Å². The predicted molar refractivity (Wildman–Crippen MR) is 50.3 cm³/mol. The van der Waals surface area contributed by atoms with E-state index in [1.165, 1.54) is 16.2 Å². The van der Waals surface area contributed by atoms with Crippen LogP contribution in [0, 0.1) is 6.92 Å². The number of hydrogen-bond acceptors (Lipinski definition) is 3. The maximum atomic E-state index is 10.4. The fourth-order valence-electron chi connectivity index (χ4n) is 0.993. The van der Waals surface area contributed by atoms with Crippen molar-refractivity contribution in [3.8, 4) is 0 Å². The van der Waals surface area contributed by atoms with Gasteiger partial charge in [-0.05, 0) is 31.1 Å². The summed E-state index contributed by atoms with van der Waals surface area (Å²) in [6.07, 6.45) is 2.68. The van der Waals surface area contributed by atoms with Gasteiger partial charge in [-0.2, -0.15) is 0 Å². The zero-order valence-corrected chi connectivity index (χ0v) is 29.6. The molecule has 1 amide bonds. The number of amides is 1. The van der Waals surface area contributed by atoms with Crippen LogP contribution in [0.15, 0.2) is 0 Å². The molecule has 0 atom stereocenters. The van der Waals surface area contributed by atoms with E-state index in [1.54, 1.807) is 7.05 Å². The molecule has 0 bridgehead atoms. The Bertz CT molecular complexity index is 293. The zero-order valence-electron chi connectivity index (χ0n) is 9.54. The van der Waals surface area contributed by atoms with E-state index in [4.69, 9.17) is 0 Å². The summed E-state index contributed by atoms with van der Waals surface area (Å²) in [5, 5.41) is 1.90.